The number of amides is 2. The lowest BCUT2D eigenvalue weighted by molar-refractivity contribution is -0.142. The van der Waals surface area contributed by atoms with E-state index < -0.39 is 59.8 Å². The molecule has 2 fully saturated rings. The molecule has 2 saturated carbocycles. The Bertz CT molecular complexity index is 1040. The Morgan fingerprint density at radius 2 is 1.11 bits per heavy atom. The number of carbonyl (C=O) groups is 2. The summed E-state index contributed by atoms with van der Waals surface area (Å²) in [6.45, 7) is -0.827. The van der Waals surface area contributed by atoms with Crippen molar-refractivity contribution < 1.29 is 45.4 Å². The van der Waals surface area contributed by atoms with Gasteiger partial charge in [-0.1, -0.05) is 0 Å². The maximum absolute atomic E-state index is 12.6. The van der Waals surface area contributed by atoms with Crippen molar-refractivity contribution in [2.75, 3.05) is 13.2 Å². The molecular weight excluding hydrogens is 510 g/mol. The first-order chi connectivity index (χ1) is 17.3. The van der Waals surface area contributed by atoms with Crippen molar-refractivity contribution in [1.29, 1.82) is 0 Å². The van der Waals surface area contributed by atoms with Crippen LogP contribution in [0.3, 0.4) is 0 Å². The van der Waals surface area contributed by atoms with Gasteiger partial charge in [0.15, 0.2) is 13.2 Å². The van der Waals surface area contributed by atoms with Crippen molar-refractivity contribution in [3.63, 3.8) is 0 Å². The second-order valence-corrected chi connectivity index (χ2v) is 9.16. The van der Waals surface area contributed by atoms with Gasteiger partial charge in [0.2, 0.25) is 0 Å². The smallest absolute Gasteiger partial charge is 0.433 e. The van der Waals surface area contributed by atoms with E-state index in [9.17, 15) is 35.9 Å². The summed E-state index contributed by atoms with van der Waals surface area (Å²) in [5.74, 6) is -0.879. The largest absolute Gasteiger partial charge is 0.482 e. The predicted molar refractivity (Wildman–Crippen MR) is 114 cm³/mol. The maximum atomic E-state index is 12.6. The lowest BCUT2D eigenvalue weighted by Crippen LogP contribution is -2.48. The number of rotatable bonds is 8. The molecule has 200 valence electrons. The summed E-state index contributed by atoms with van der Waals surface area (Å²) in [6.07, 6.45) is -4.49. The Labute approximate surface area is 206 Å². The van der Waals surface area contributed by atoms with Crippen molar-refractivity contribution in [3.05, 3.63) is 48.0 Å². The van der Waals surface area contributed by atoms with E-state index in [-0.39, 0.29) is 11.5 Å². The zero-order valence-corrected chi connectivity index (χ0v) is 19.2. The summed E-state index contributed by atoms with van der Waals surface area (Å²) in [4.78, 5) is 31.4. The highest BCUT2D eigenvalue weighted by atomic mass is 19.4. The van der Waals surface area contributed by atoms with Gasteiger partial charge in [-0.05, 0) is 56.4 Å². The molecule has 2 bridgehead atoms. The van der Waals surface area contributed by atoms with Gasteiger partial charge in [0.1, 0.15) is 22.9 Å². The summed E-state index contributed by atoms with van der Waals surface area (Å²) in [5, 5.41) is 5.83. The van der Waals surface area contributed by atoms with E-state index >= 15 is 0 Å². The Hall–Kier alpha value is -3.58. The summed E-state index contributed by atoms with van der Waals surface area (Å²) in [7, 11) is 0. The number of hydrogen-bond acceptors (Lipinski definition) is 6. The number of nitrogens with one attached hydrogen (secondary N) is 2. The first-order valence-electron chi connectivity index (χ1n) is 11.2. The van der Waals surface area contributed by atoms with Gasteiger partial charge in [0.25, 0.3) is 11.8 Å². The third-order valence-electron chi connectivity index (χ3n) is 6.44. The van der Waals surface area contributed by atoms with Crippen LogP contribution in [0.1, 0.15) is 43.5 Å². The van der Waals surface area contributed by atoms with Crippen LogP contribution in [0.5, 0.6) is 11.5 Å². The number of alkyl halides is 6. The second kappa shape index (κ2) is 9.71. The molecule has 0 atom stereocenters. The van der Waals surface area contributed by atoms with Crippen molar-refractivity contribution in [2.45, 2.75) is 55.5 Å². The molecule has 2 N–H and O–H groups in total. The van der Waals surface area contributed by atoms with Crippen LogP contribution in [0.25, 0.3) is 0 Å². The predicted octanol–water partition coefficient (Wildman–Crippen LogP) is 3.66. The number of nitrogens with zero attached hydrogens (tertiary/aromatic N) is 2. The van der Waals surface area contributed by atoms with Crippen molar-refractivity contribution in [1.82, 2.24) is 20.6 Å². The molecule has 8 nitrogen and oxygen atoms in total. The van der Waals surface area contributed by atoms with Crippen LogP contribution in [-0.2, 0) is 21.9 Å². The van der Waals surface area contributed by atoms with Gasteiger partial charge in [-0.2, -0.15) is 26.3 Å². The number of fused-ring (bicyclic) bond motifs is 2. The van der Waals surface area contributed by atoms with Crippen LogP contribution in [0, 0.1) is 0 Å². The molecule has 2 aliphatic rings. The van der Waals surface area contributed by atoms with Gasteiger partial charge in [-0.3, -0.25) is 9.59 Å². The number of hydrogen-bond donors (Lipinski definition) is 2. The standard InChI is InChI=1S/C23H22F6N4O4/c24-22(25,26)16-3-1-14(9-30-16)36-11-18(34)32-20-5-7-21(13-20,8-6-20)33-19(35)12-37-15-2-4-17(31-10-15)23(27,28)29/h1-4,9-10H,5-8,11-13H2,(H,32,34)(H,33,35). The van der Waals surface area contributed by atoms with Crippen molar-refractivity contribution >= 4 is 11.8 Å². The third kappa shape index (κ3) is 6.41. The Balaban J connectivity index is 1.23. The second-order valence-electron chi connectivity index (χ2n) is 9.16. The molecule has 4 rings (SSSR count). The van der Waals surface area contributed by atoms with Crippen LogP contribution in [0.15, 0.2) is 36.7 Å². The highest BCUT2D eigenvalue weighted by molar-refractivity contribution is 5.80. The lowest BCUT2D eigenvalue weighted by Gasteiger charge is -2.29. The normalized spacial score (nSPS) is 23.0. The minimum absolute atomic E-state index is 0.0170. The fourth-order valence-corrected chi connectivity index (χ4v) is 4.77. The third-order valence-corrected chi connectivity index (χ3v) is 6.44. The van der Waals surface area contributed by atoms with E-state index in [1.165, 1.54) is 0 Å². The van der Waals surface area contributed by atoms with Crippen molar-refractivity contribution in [2.24, 2.45) is 0 Å². The number of ether oxygens (including phenoxy) is 2. The maximum Gasteiger partial charge on any atom is 0.433 e. The highest BCUT2D eigenvalue weighted by Gasteiger charge is 2.55. The number of pyridine rings is 2. The fraction of sp³-hybridized carbons (Fsp3) is 0.478. The lowest BCUT2D eigenvalue weighted by atomic mass is 9.91. The number of carbonyl (C=O) groups excluding carboxylic acids is 2. The Morgan fingerprint density at radius 3 is 1.41 bits per heavy atom. The van der Waals surface area contributed by atoms with Gasteiger partial charge in [0.05, 0.1) is 12.4 Å². The molecule has 2 aromatic heterocycles. The highest BCUT2D eigenvalue weighted by Crippen LogP contribution is 2.50. The van der Waals surface area contributed by atoms with E-state index in [1.54, 1.807) is 0 Å². The quantitative estimate of drug-likeness (QED) is 0.504. The van der Waals surface area contributed by atoms with E-state index in [0.29, 0.717) is 32.1 Å². The van der Waals surface area contributed by atoms with Gasteiger partial charge in [0, 0.05) is 11.1 Å². The first-order valence-corrected chi connectivity index (χ1v) is 11.2. The molecule has 0 radical (unpaired) electrons. The van der Waals surface area contributed by atoms with Crippen LogP contribution < -0.4 is 20.1 Å². The summed E-state index contributed by atoms with van der Waals surface area (Å²) in [5.41, 5.74) is -3.24. The molecule has 0 unspecified atom stereocenters. The fourth-order valence-electron chi connectivity index (χ4n) is 4.77. The van der Waals surface area contributed by atoms with Gasteiger partial charge >= 0.3 is 12.4 Å². The zero-order chi connectivity index (χ0) is 26.9. The van der Waals surface area contributed by atoms with E-state index in [1.807, 2.05) is 0 Å². The molecule has 0 spiro atoms. The van der Waals surface area contributed by atoms with Gasteiger partial charge < -0.3 is 20.1 Å². The van der Waals surface area contributed by atoms with Crippen LogP contribution in [0.2, 0.25) is 0 Å². The average Bonchev–Trinajstić information content (AvgIpc) is 3.36. The molecule has 2 aliphatic carbocycles. The topological polar surface area (TPSA) is 102 Å². The minimum Gasteiger partial charge on any atom is -0.482 e. The average molecular weight is 532 g/mol. The molecule has 2 heterocycles. The summed E-state index contributed by atoms with van der Waals surface area (Å²) >= 11 is 0. The van der Waals surface area contributed by atoms with E-state index in [0.717, 1.165) is 36.7 Å². The Kier molecular flexibility index (Phi) is 6.95. The summed E-state index contributed by atoms with van der Waals surface area (Å²) in [6, 6.07) is 3.68. The monoisotopic (exact) mass is 532 g/mol. The van der Waals surface area contributed by atoms with Gasteiger partial charge in [-0.25, -0.2) is 9.97 Å². The number of aromatic nitrogens is 2. The molecular formula is C23H22F6N4O4. The van der Waals surface area contributed by atoms with Crippen LogP contribution in [-0.4, -0.2) is 46.1 Å². The summed E-state index contributed by atoms with van der Waals surface area (Å²) < 4.78 is 86.0. The molecule has 2 aromatic rings. The van der Waals surface area contributed by atoms with E-state index in [4.69, 9.17) is 9.47 Å². The minimum atomic E-state index is -4.58. The molecule has 0 aliphatic heterocycles. The number of halogens is 6. The zero-order valence-electron chi connectivity index (χ0n) is 19.2. The van der Waals surface area contributed by atoms with Gasteiger partial charge in [-0.15, -0.1) is 0 Å². The molecule has 2 amide bonds. The molecule has 0 saturated heterocycles. The van der Waals surface area contributed by atoms with E-state index in [2.05, 4.69) is 20.6 Å². The first kappa shape index (κ1) is 26.5. The van der Waals surface area contributed by atoms with Crippen molar-refractivity contribution in [3.8, 4) is 11.5 Å². The molecule has 14 heteroatoms. The SMILES string of the molecule is O=C(COc1ccc(C(F)(F)F)nc1)NC12CCC(NC(=O)COc3ccc(C(F)(F)F)nc3)(CC1)C2. The van der Waals surface area contributed by atoms with Crippen LogP contribution >= 0.6 is 0 Å². The Morgan fingerprint density at radius 1 is 0.730 bits per heavy atom. The molecule has 37 heavy (non-hydrogen) atoms. The van der Waals surface area contributed by atoms with Crippen LogP contribution in [0.4, 0.5) is 26.3 Å². The molecule has 0 aromatic carbocycles.